The summed E-state index contributed by atoms with van der Waals surface area (Å²) in [5, 5.41) is 2.64. The number of nitrogens with zero attached hydrogens (tertiary/aromatic N) is 1. The maximum absolute atomic E-state index is 11.4. The average Bonchev–Trinajstić information content (AvgIpc) is 2.82. The van der Waals surface area contributed by atoms with Gasteiger partial charge in [0.1, 0.15) is 0 Å². The van der Waals surface area contributed by atoms with Crippen LogP contribution >= 0.6 is 11.3 Å². The monoisotopic (exact) mass is 243 g/mol. The summed E-state index contributed by atoms with van der Waals surface area (Å²) in [6.45, 7) is 0. The molecule has 0 atom stereocenters. The summed E-state index contributed by atoms with van der Waals surface area (Å²) in [5.41, 5.74) is 2.93. The number of aromatic nitrogens is 1. The van der Waals surface area contributed by atoms with Gasteiger partial charge in [0, 0.05) is 5.39 Å². The van der Waals surface area contributed by atoms with Crippen molar-refractivity contribution in [1.29, 1.82) is 0 Å². The van der Waals surface area contributed by atoms with Gasteiger partial charge >= 0.3 is 0 Å². The molecule has 0 aliphatic carbocycles. The largest absolute Gasteiger partial charge is 0.294 e. The second kappa shape index (κ2) is 3.80. The minimum Gasteiger partial charge on any atom is -0.288 e. The zero-order valence-corrected chi connectivity index (χ0v) is 9.62. The van der Waals surface area contributed by atoms with E-state index in [1.54, 1.807) is 0 Å². The van der Waals surface area contributed by atoms with Gasteiger partial charge in [0.2, 0.25) is 0 Å². The quantitative estimate of drug-likeness (QED) is 0.390. The van der Waals surface area contributed by atoms with Crippen molar-refractivity contribution >= 4 is 38.2 Å². The molecule has 1 aromatic heterocycles. The van der Waals surface area contributed by atoms with E-state index in [9.17, 15) is 4.79 Å². The molecule has 3 rings (SSSR count). The van der Waals surface area contributed by atoms with Crippen LogP contribution in [0.5, 0.6) is 0 Å². The lowest BCUT2D eigenvalue weighted by Gasteiger charge is -1.96. The first-order valence-corrected chi connectivity index (χ1v) is 5.90. The van der Waals surface area contributed by atoms with Gasteiger partial charge in [0.05, 0.1) is 10.2 Å². The fraction of sp³-hybridized carbons (Fsp3) is 0. The number of hydrogen-bond donors (Lipinski definition) is 2. The highest BCUT2D eigenvalue weighted by Gasteiger charge is 2.12. The second-order valence-corrected chi connectivity index (χ2v) is 4.63. The minimum atomic E-state index is -0.352. The number of hydrazine groups is 1. The van der Waals surface area contributed by atoms with Crippen molar-refractivity contribution in [2.24, 2.45) is 5.84 Å². The highest BCUT2D eigenvalue weighted by Crippen LogP contribution is 2.29. The number of nitrogens with two attached hydrogens (primary N) is 1. The van der Waals surface area contributed by atoms with Crippen LogP contribution in [-0.2, 0) is 0 Å². The van der Waals surface area contributed by atoms with E-state index in [2.05, 4.69) is 10.4 Å². The SMILES string of the molecule is NNC(=O)c1nc2ccc3ccccc3c2s1. The van der Waals surface area contributed by atoms with E-state index in [0.717, 1.165) is 21.0 Å². The molecule has 0 radical (unpaired) electrons. The predicted octanol–water partition coefficient (Wildman–Crippen LogP) is 2.05. The van der Waals surface area contributed by atoms with E-state index in [-0.39, 0.29) is 5.91 Å². The number of nitrogens with one attached hydrogen (secondary N) is 1. The van der Waals surface area contributed by atoms with Crippen molar-refractivity contribution in [2.75, 3.05) is 0 Å². The summed E-state index contributed by atoms with van der Waals surface area (Å²) in [6.07, 6.45) is 0. The number of amides is 1. The fourth-order valence-electron chi connectivity index (χ4n) is 1.81. The zero-order valence-electron chi connectivity index (χ0n) is 8.81. The van der Waals surface area contributed by atoms with Crippen molar-refractivity contribution in [2.45, 2.75) is 0 Å². The topological polar surface area (TPSA) is 68.0 Å². The molecule has 0 saturated heterocycles. The van der Waals surface area contributed by atoms with Crippen molar-refractivity contribution in [3.63, 3.8) is 0 Å². The van der Waals surface area contributed by atoms with Crippen LogP contribution in [0.3, 0.4) is 0 Å². The molecule has 0 aliphatic rings. The minimum absolute atomic E-state index is 0.352. The van der Waals surface area contributed by atoms with Crippen LogP contribution < -0.4 is 11.3 Å². The van der Waals surface area contributed by atoms with Gasteiger partial charge in [-0.05, 0) is 11.5 Å². The highest BCUT2D eigenvalue weighted by molar-refractivity contribution is 7.21. The number of nitrogen functional groups attached to an aromatic ring is 1. The second-order valence-electron chi connectivity index (χ2n) is 3.63. The third kappa shape index (κ3) is 1.56. The van der Waals surface area contributed by atoms with Crippen LogP contribution in [0.4, 0.5) is 0 Å². The maximum Gasteiger partial charge on any atom is 0.294 e. The van der Waals surface area contributed by atoms with Crippen molar-refractivity contribution in [3.05, 3.63) is 41.4 Å². The molecule has 84 valence electrons. The van der Waals surface area contributed by atoms with Crippen LogP contribution in [0.2, 0.25) is 0 Å². The number of hydrogen-bond acceptors (Lipinski definition) is 4. The van der Waals surface area contributed by atoms with Gasteiger partial charge in [-0.1, -0.05) is 30.3 Å². The molecule has 1 amide bonds. The molecular formula is C12H9N3OS. The zero-order chi connectivity index (χ0) is 11.8. The molecule has 0 aliphatic heterocycles. The molecule has 5 heteroatoms. The summed E-state index contributed by atoms with van der Waals surface area (Å²) in [4.78, 5) is 15.7. The molecule has 17 heavy (non-hydrogen) atoms. The number of fused-ring (bicyclic) bond motifs is 3. The van der Waals surface area contributed by atoms with Crippen LogP contribution in [0, 0.1) is 0 Å². The fourth-order valence-corrected chi connectivity index (χ4v) is 2.82. The molecule has 3 aromatic rings. The van der Waals surface area contributed by atoms with Gasteiger partial charge in [0.15, 0.2) is 5.01 Å². The standard InChI is InChI=1S/C12H9N3OS/c13-15-11(16)12-14-9-6-5-7-3-1-2-4-8(7)10(9)17-12/h1-6H,13H2,(H,15,16). The van der Waals surface area contributed by atoms with Gasteiger partial charge < -0.3 is 0 Å². The van der Waals surface area contributed by atoms with Crippen LogP contribution in [0.1, 0.15) is 9.80 Å². The van der Waals surface area contributed by atoms with E-state index < -0.39 is 0 Å². The van der Waals surface area contributed by atoms with E-state index in [4.69, 9.17) is 5.84 Å². The Hall–Kier alpha value is -1.98. The Kier molecular flexibility index (Phi) is 2.28. The predicted molar refractivity (Wildman–Crippen MR) is 68.8 cm³/mol. The van der Waals surface area contributed by atoms with Gasteiger partial charge in [0.25, 0.3) is 5.91 Å². The molecule has 0 saturated carbocycles. The van der Waals surface area contributed by atoms with Gasteiger partial charge in [-0.2, -0.15) is 0 Å². The van der Waals surface area contributed by atoms with Crippen molar-refractivity contribution < 1.29 is 4.79 Å². The molecule has 1 heterocycles. The Bertz CT molecular complexity index is 720. The maximum atomic E-state index is 11.4. The van der Waals surface area contributed by atoms with Crippen LogP contribution in [0.25, 0.3) is 21.0 Å². The smallest absolute Gasteiger partial charge is 0.288 e. The Morgan fingerprint density at radius 1 is 1.24 bits per heavy atom. The van der Waals surface area contributed by atoms with E-state index >= 15 is 0 Å². The summed E-state index contributed by atoms with van der Waals surface area (Å²) < 4.78 is 1.02. The Labute approximate surface area is 101 Å². The third-order valence-corrected chi connectivity index (χ3v) is 3.71. The average molecular weight is 243 g/mol. The Morgan fingerprint density at radius 2 is 2.06 bits per heavy atom. The molecule has 0 bridgehead atoms. The first-order chi connectivity index (χ1) is 8.29. The van der Waals surface area contributed by atoms with E-state index in [1.165, 1.54) is 11.3 Å². The van der Waals surface area contributed by atoms with E-state index in [1.807, 2.05) is 36.4 Å². The van der Waals surface area contributed by atoms with E-state index in [0.29, 0.717) is 5.01 Å². The first-order valence-electron chi connectivity index (χ1n) is 5.09. The number of benzene rings is 2. The normalized spacial score (nSPS) is 10.9. The first kappa shape index (κ1) is 10.2. The number of rotatable bonds is 1. The Morgan fingerprint density at radius 3 is 2.88 bits per heavy atom. The third-order valence-electron chi connectivity index (χ3n) is 2.60. The number of carbonyl (C=O) groups is 1. The molecule has 0 fully saturated rings. The van der Waals surface area contributed by atoms with Gasteiger partial charge in [-0.3, -0.25) is 10.2 Å². The number of carbonyl (C=O) groups excluding carboxylic acids is 1. The molecule has 3 N–H and O–H groups in total. The lowest BCUT2D eigenvalue weighted by molar-refractivity contribution is 0.0953. The van der Waals surface area contributed by atoms with Crippen molar-refractivity contribution in [1.82, 2.24) is 10.4 Å². The van der Waals surface area contributed by atoms with Gasteiger partial charge in [-0.25, -0.2) is 10.8 Å². The van der Waals surface area contributed by atoms with Crippen molar-refractivity contribution in [3.8, 4) is 0 Å². The molecular weight excluding hydrogens is 234 g/mol. The summed E-state index contributed by atoms with van der Waals surface area (Å²) in [6, 6.07) is 12.0. The lowest BCUT2D eigenvalue weighted by atomic mass is 10.1. The van der Waals surface area contributed by atoms with Crippen LogP contribution in [-0.4, -0.2) is 10.9 Å². The summed E-state index contributed by atoms with van der Waals surface area (Å²) in [7, 11) is 0. The molecule has 0 unspecified atom stereocenters. The highest BCUT2D eigenvalue weighted by atomic mass is 32.1. The molecule has 0 spiro atoms. The lowest BCUT2D eigenvalue weighted by Crippen LogP contribution is -2.29. The Balaban J connectivity index is 2.35. The molecule has 2 aromatic carbocycles. The van der Waals surface area contributed by atoms with Gasteiger partial charge in [-0.15, -0.1) is 11.3 Å². The summed E-state index contributed by atoms with van der Waals surface area (Å²) >= 11 is 1.36. The van der Waals surface area contributed by atoms with Crippen LogP contribution in [0.15, 0.2) is 36.4 Å². The summed E-state index contributed by atoms with van der Waals surface area (Å²) in [5.74, 6) is 4.75. The molecule has 4 nitrogen and oxygen atoms in total. The number of thiazole rings is 1.